The predicted molar refractivity (Wildman–Crippen MR) is 54.1 cm³/mol. The molecule has 0 radical (unpaired) electrons. The summed E-state index contributed by atoms with van der Waals surface area (Å²) >= 11 is 0. The molecule has 1 atom stereocenters. The van der Waals surface area contributed by atoms with Gasteiger partial charge >= 0.3 is 0 Å². The molecule has 0 amide bonds. The molecule has 1 aromatic rings. The Morgan fingerprint density at radius 1 is 1.38 bits per heavy atom. The van der Waals surface area contributed by atoms with Gasteiger partial charge in [0.15, 0.2) is 0 Å². The summed E-state index contributed by atoms with van der Waals surface area (Å²) in [5, 5.41) is 0. The Morgan fingerprint density at radius 3 is 2.85 bits per heavy atom. The summed E-state index contributed by atoms with van der Waals surface area (Å²) in [6.45, 7) is 6.55. The molecule has 1 aliphatic rings. The van der Waals surface area contributed by atoms with Gasteiger partial charge in [-0.1, -0.05) is 31.5 Å². The molecule has 0 aliphatic carbocycles. The first-order valence-corrected chi connectivity index (χ1v) is 4.93. The van der Waals surface area contributed by atoms with E-state index in [0.29, 0.717) is 12.0 Å². The quantitative estimate of drug-likeness (QED) is 0.639. The smallest absolute Gasteiger partial charge is 0.123 e. The Balaban J connectivity index is 2.25. The molecule has 1 aromatic carbocycles. The zero-order valence-corrected chi connectivity index (χ0v) is 8.50. The van der Waals surface area contributed by atoms with Crippen LogP contribution in [0.3, 0.4) is 0 Å². The highest BCUT2D eigenvalue weighted by Crippen LogP contribution is 2.31. The molecule has 2 rings (SSSR count). The average molecular weight is 176 g/mol. The third-order valence-corrected chi connectivity index (χ3v) is 2.66. The van der Waals surface area contributed by atoms with Crippen molar-refractivity contribution in [2.24, 2.45) is 5.92 Å². The van der Waals surface area contributed by atoms with Crippen molar-refractivity contribution in [2.45, 2.75) is 33.3 Å². The van der Waals surface area contributed by atoms with E-state index >= 15 is 0 Å². The van der Waals surface area contributed by atoms with Crippen molar-refractivity contribution < 1.29 is 4.74 Å². The van der Waals surface area contributed by atoms with Crippen LogP contribution in [0.15, 0.2) is 18.2 Å². The maximum Gasteiger partial charge on any atom is 0.123 e. The molecular weight excluding hydrogens is 160 g/mol. The van der Waals surface area contributed by atoms with E-state index in [2.05, 4.69) is 39.0 Å². The lowest BCUT2D eigenvalue weighted by atomic mass is 10.0. The van der Waals surface area contributed by atoms with E-state index in [4.69, 9.17) is 4.74 Å². The SMILES string of the molecule is Cc1ccc2c(c1)CC(C(C)C)O2. The predicted octanol–water partition coefficient (Wildman–Crippen LogP) is 2.95. The first-order valence-electron chi connectivity index (χ1n) is 4.93. The van der Waals surface area contributed by atoms with E-state index < -0.39 is 0 Å². The van der Waals surface area contributed by atoms with Gasteiger partial charge in [-0.2, -0.15) is 0 Å². The minimum Gasteiger partial charge on any atom is -0.490 e. The van der Waals surface area contributed by atoms with Crippen LogP contribution in [-0.4, -0.2) is 6.10 Å². The Bertz CT molecular complexity index is 315. The molecule has 0 spiro atoms. The molecule has 1 aliphatic heterocycles. The second kappa shape index (κ2) is 3.06. The topological polar surface area (TPSA) is 9.23 Å². The van der Waals surface area contributed by atoms with Crippen LogP contribution in [-0.2, 0) is 6.42 Å². The van der Waals surface area contributed by atoms with Crippen molar-refractivity contribution in [1.29, 1.82) is 0 Å². The molecule has 0 saturated carbocycles. The number of hydrogen-bond donors (Lipinski definition) is 0. The molecule has 0 fully saturated rings. The number of aryl methyl sites for hydroxylation is 1. The molecule has 1 nitrogen and oxygen atoms in total. The van der Waals surface area contributed by atoms with Crippen LogP contribution in [0.2, 0.25) is 0 Å². The summed E-state index contributed by atoms with van der Waals surface area (Å²) in [6.07, 6.45) is 1.46. The summed E-state index contributed by atoms with van der Waals surface area (Å²) in [7, 11) is 0. The maximum atomic E-state index is 5.82. The van der Waals surface area contributed by atoms with Gasteiger partial charge in [-0.05, 0) is 24.5 Å². The summed E-state index contributed by atoms with van der Waals surface area (Å²) in [4.78, 5) is 0. The van der Waals surface area contributed by atoms with Crippen LogP contribution < -0.4 is 4.74 Å². The minimum atomic E-state index is 0.386. The molecule has 1 heterocycles. The van der Waals surface area contributed by atoms with Gasteiger partial charge in [0.05, 0.1) is 0 Å². The zero-order valence-electron chi connectivity index (χ0n) is 8.50. The fourth-order valence-electron chi connectivity index (χ4n) is 1.78. The summed E-state index contributed by atoms with van der Waals surface area (Å²) in [5.74, 6) is 1.69. The number of fused-ring (bicyclic) bond motifs is 1. The van der Waals surface area contributed by atoms with Crippen LogP contribution in [0, 0.1) is 12.8 Å². The lowest BCUT2D eigenvalue weighted by Crippen LogP contribution is -2.19. The molecular formula is C12H16O. The van der Waals surface area contributed by atoms with E-state index in [1.807, 2.05) is 0 Å². The van der Waals surface area contributed by atoms with Gasteiger partial charge in [0, 0.05) is 6.42 Å². The second-order valence-electron chi connectivity index (χ2n) is 4.22. The Morgan fingerprint density at radius 2 is 2.15 bits per heavy atom. The summed E-state index contributed by atoms with van der Waals surface area (Å²) in [6, 6.07) is 6.44. The third kappa shape index (κ3) is 1.55. The van der Waals surface area contributed by atoms with Crippen molar-refractivity contribution in [3.8, 4) is 5.75 Å². The van der Waals surface area contributed by atoms with Crippen molar-refractivity contribution in [2.75, 3.05) is 0 Å². The van der Waals surface area contributed by atoms with Gasteiger partial charge in [-0.25, -0.2) is 0 Å². The standard InChI is InChI=1S/C12H16O/c1-8(2)12-7-10-6-9(3)4-5-11(10)13-12/h4-6,8,12H,7H2,1-3H3. The van der Waals surface area contributed by atoms with Crippen LogP contribution in [0.4, 0.5) is 0 Å². The van der Waals surface area contributed by atoms with Gasteiger partial charge in [0.1, 0.15) is 11.9 Å². The number of hydrogen-bond acceptors (Lipinski definition) is 1. The molecule has 0 bridgehead atoms. The monoisotopic (exact) mass is 176 g/mol. The minimum absolute atomic E-state index is 0.386. The van der Waals surface area contributed by atoms with Crippen molar-refractivity contribution in [3.63, 3.8) is 0 Å². The van der Waals surface area contributed by atoms with Crippen LogP contribution in [0.5, 0.6) is 5.75 Å². The van der Waals surface area contributed by atoms with Crippen molar-refractivity contribution in [1.82, 2.24) is 0 Å². The Labute approximate surface area is 79.7 Å². The summed E-state index contributed by atoms with van der Waals surface area (Å²) in [5.41, 5.74) is 2.70. The van der Waals surface area contributed by atoms with Crippen LogP contribution in [0.1, 0.15) is 25.0 Å². The molecule has 0 saturated heterocycles. The largest absolute Gasteiger partial charge is 0.490 e. The molecule has 0 N–H and O–H groups in total. The maximum absolute atomic E-state index is 5.82. The fourth-order valence-corrected chi connectivity index (χ4v) is 1.78. The molecule has 1 heteroatoms. The van der Waals surface area contributed by atoms with E-state index in [1.54, 1.807) is 0 Å². The second-order valence-corrected chi connectivity index (χ2v) is 4.22. The van der Waals surface area contributed by atoms with E-state index in [9.17, 15) is 0 Å². The van der Waals surface area contributed by atoms with Crippen molar-refractivity contribution >= 4 is 0 Å². The average Bonchev–Trinajstić information content (AvgIpc) is 2.46. The number of benzene rings is 1. The van der Waals surface area contributed by atoms with Gasteiger partial charge < -0.3 is 4.74 Å². The summed E-state index contributed by atoms with van der Waals surface area (Å²) < 4.78 is 5.82. The first kappa shape index (κ1) is 8.61. The van der Waals surface area contributed by atoms with Crippen LogP contribution in [0.25, 0.3) is 0 Å². The lowest BCUT2D eigenvalue weighted by molar-refractivity contribution is 0.179. The highest BCUT2D eigenvalue weighted by Gasteiger charge is 2.24. The molecule has 13 heavy (non-hydrogen) atoms. The van der Waals surface area contributed by atoms with Gasteiger partial charge in [-0.15, -0.1) is 0 Å². The highest BCUT2D eigenvalue weighted by atomic mass is 16.5. The lowest BCUT2D eigenvalue weighted by Gasteiger charge is -2.13. The molecule has 1 unspecified atom stereocenters. The fraction of sp³-hybridized carbons (Fsp3) is 0.500. The highest BCUT2D eigenvalue weighted by molar-refractivity contribution is 5.40. The Hall–Kier alpha value is -0.980. The van der Waals surface area contributed by atoms with Gasteiger partial charge in [0.25, 0.3) is 0 Å². The number of ether oxygens (including phenoxy) is 1. The van der Waals surface area contributed by atoms with Crippen LogP contribution >= 0.6 is 0 Å². The van der Waals surface area contributed by atoms with Gasteiger partial charge in [-0.3, -0.25) is 0 Å². The first-order chi connectivity index (χ1) is 6.16. The van der Waals surface area contributed by atoms with E-state index in [-0.39, 0.29) is 0 Å². The number of rotatable bonds is 1. The molecule has 70 valence electrons. The zero-order chi connectivity index (χ0) is 9.42. The van der Waals surface area contributed by atoms with Gasteiger partial charge in [0.2, 0.25) is 0 Å². The van der Waals surface area contributed by atoms with E-state index in [1.165, 1.54) is 11.1 Å². The van der Waals surface area contributed by atoms with E-state index in [0.717, 1.165) is 12.2 Å². The molecule has 0 aromatic heterocycles. The third-order valence-electron chi connectivity index (χ3n) is 2.66. The Kier molecular flexibility index (Phi) is 2.03. The van der Waals surface area contributed by atoms with Crippen molar-refractivity contribution in [3.05, 3.63) is 29.3 Å². The normalized spacial score (nSPS) is 20.2.